The molecule has 0 amide bonds. The van der Waals surface area contributed by atoms with Crippen molar-refractivity contribution < 1.29 is 14.6 Å². The van der Waals surface area contributed by atoms with Gasteiger partial charge in [-0.3, -0.25) is 4.79 Å². The molecule has 0 unspecified atom stereocenters. The molecule has 0 saturated heterocycles. The molecular weight excluding hydrogens is 246 g/mol. The Hall–Kier alpha value is -2.30. The van der Waals surface area contributed by atoms with E-state index in [1.165, 1.54) is 6.20 Å². The van der Waals surface area contributed by atoms with E-state index in [2.05, 4.69) is 0 Å². The van der Waals surface area contributed by atoms with E-state index in [9.17, 15) is 9.59 Å². The van der Waals surface area contributed by atoms with Gasteiger partial charge in [-0.1, -0.05) is 6.07 Å². The summed E-state index contributed by atoms with van der Waals surface area (Å²) in [6.07, 6.45) is 1.42. The number of hydrogen-bond acceptors (Lipinski definition) is 3. The highest BCUT2D eigenvalue weighted by molar-refractivity contribution is 5.95. The third kappa shape index (κ3) is 1.54. The van der Waals surface area contributed by atoms with Crippen molar-refractivity contribution in [3.8, 4) is 5.75 Å². The molecule has 1 N–H and O–H groups in total. The second-order valence-corrected chi connectivity index (χ2v) is 4.85. The van der Waals surface area contributed by atoms with Crippen LogP contribution in [-0.4, -0.2) is 22.2 Å². The molecule has 0 fully saturated rings. The van der Waals surface area contributed by atoms with Crippen molar-refractivity contribution in [3.05, 3.63) is 39.7 Å². The quantitative estimate of drug-likeness (QED) is 0.850. The molecule has 5 nitrogen and oxygen atoms in total. The summed E-state index contributed by atoms with van der Waals surface area (Å²) in [7, 11) is 0. The number of carboxylic acids is 1. The Morgan fingerprint density at radius 1 is 1.47 bits per heavy atom. The van der Waals surface area contributed by atoms with Crippen LogP contribution in [0.25, 0.3) is 10.9 Å². The minimum atomic E-state index is -1.20. The van der Waals surface area contributed by atoms with Gasteiger partial charge in [0.1, 0.15) is 17.9 Å². The highest BCUT2D eigenvalue weighted by Crippen LogP contribution is 2.34. The lowest BCUT2D eigenvalue weighted by Gasteiger charge is -2.27. The lowest BCUT2D eigenvalue weighted by Crippen LogP contribution is -2.26. The van der Waals surface area contributed by atoms with Gasteiger partial charge >= 0.3 is 5.97 Å². The average molecular weight is 259 g/mol. The Balaban J connectivity index is 2.54. The Bertz CT molecular complexity index is 760. The van der Waals surface area contributed by atoms with Crippen LogP contribution >= 0.6 is 0 Å². The molecule has 98 valence electrons. The van der Waals surface area contributed by atoms with Gasteiger partial charge in [0.25, 0.3) is 0 Å². The highest BCUT2D eigenvalue weighted by Gasteiger charge is 2.24. The second-order valence-electron chi connectivity index (χ2n) is 4.85. The zero-order valence-electron chi connectivity index (χ0n) is 10.6. The molecule has 19 heavy (non-hydrogen) atoms. The first kappa shape index (κ1) is 11.8. The largest absolute Gasteiger partial charge is 0.489 e. The van der Waals surface area contributed by atoms with Crippen molar-refractivity contribution in [2.75, 3.05) is 6.61 Å². The Morgan fingerprint density at radius 2 is 2.21 bits per heavy atom. The van der Waals surface area contributed by atoms with E-state index >= 15 is 0 Å². The molecule has 0 aliphatic carbocycles. The Labute approximate surface area is 109 Å². The standard InChI is InChI=1S/C14H13NO4/c1-7-3-4-9-11-13(7)19-6-8(2)15(11)5-10(12(9)16)14(17)18/h3-5,8H,6H2,1-2H3,(H,17,18)/t8-/m0/s1. The number of aromatic carboxylic acids is 1. The van der Waals surface area contributed by atoms with Crippen LogP contribution in [0.2, 0.25) is 0 Å². The average Bonchev–Trinajstić information content (AvgIpc) is 2.37. The van der Waals surface area contributed by atoms with Gasteiger partial charge in [-0.05, 0) is 25.5 Å². The van der Waals surface area contributed by atoms with Crippen LogP contribution in [0.15, 0.2) is 23.1 Å². The monoisotopic (exact) mass is 259 g/mol. The summed E-state index contributed by atoms with van der Waals surface area (Å²) < 4.78 is 7.51. The van der Waals surface area contributed by atoms with E-state index in [0.717, 1.165) is 5.56 Å². The molecule has 2 heterocycles. The maximum Gasteiger partial charge on any atom is 0.341 e. The van der Waals surface area contributed by atoms with Gasteiger partial charge in [0.2, 0.25) is 5.43 Å². The van der Waals surface area contributed by atoms with Crippen LogP contribution in [0.1, 0.15) is 28.9 Å². The summed E-state index contributed by atoms with van der Waals surface area (Å²) in [4.78, 5) is 23.3. The first-order valence-electron chi connectivity index (χ1n) is 6.05. The lowest BCUT2D eigenvalue weighted by atomic mass is 10.1. The van der Waals surface area contributed by atoms with Gasteiger partial charge in [-0.15, -0.1) is 0 Å². The van der Waals surface area contributed by atoms with E-state index in [1.807, 2.05) is 18.4 Å². The van der Waals surface area contributed by atoms with Gasteiger partial charge in [-0.2, -0.15) is 0 Å². The van der Waals surface area contributed by atoms with E-state index in [1.54, 1.807) is 12.1 Å². The summed E-state index contributed by atoms with van der Waals surface area (Å²) >= 11 is 0. The summed E-state index contributed by atoms with van der Waals surface area (Å²) in [5.41, 5.74) is 0.970. The van der Waals surface area contributed by atoms with Crippen molar-refractivity contribution in [1.29, 1.82) is 0 Å². The number of carboxylic acid groups (broad SMARTS) is 1. The van der Waals surface area contributed by atoms with Gasteiger partial charge in [0.05, 0.1) is 16.9 Å². The summed E-state index contributed by atoms with van der Waals surface area (Å²) in [6, 6.07) is 3.45. The molecule has 2 aromatic rings. The second kappa shape index (κ2) is 3.85. The zero-order valence-corrected chi connectivity index (χ0v) is 10.6. The first-order valence-corrected chi connectivity index (χ1v) is 6.05. The number of pyridine rings is 1. The molecular formula is C14H13NO4. The molecule has 0 bridgehead atoms. The number of carbonyl (C=O) groups is 1. The highest BCUT2D eigenvalue weighted by atomic mass is 16.5. The molecule has 1 atom stereocenters. The molecule has 5 heteroatoms. The van der Waals surface area contributed by atoms with Crippen molar-refractivity contribution in [3.63, 3.8) is 0 Å². The maximum atomic E-state index is 12.2. The van der Waals surface area contributed by atoms with Crippen LogP contribution < -0.4 is 10.2 Å². The van der Waals surface area contributed by atoms with E-state index in [0.29, 0.717) is 23.3 Å². The fraction of sp³-hybridized carbons (Fsp3) is 0.286. The molecule has 0 saturated carbocycles. The van der Waals surface area contributed by atoms with Crippen LogP contribution in [0.5, 0.6) is 5.75 Å². The number of nitrogens with zero attached hydrogens (tertiary/aromatic N) is 1. The molecule has 0 spiro atoms. The fourth-order valence-electron chi connectivity index (χ4n) is 2.49. The minimum Gasteiger partial charge on any atom is -0.489 e. The van der Waals surface area contributed by atoms with E-state index in [-0.39, 0.29) is 11.6 Å². The van der Waals surface area contributed by atoms with Crippen molar-refractivity contribution in [2.24, 2.45) is 0 Å². The number of rotatable bonds is 1. The third-order valence-electron chi connectivity index (χ3n) is 3.52. The molecule has 1 aliphatic heterocycles. The summed E-state index contributed by atoms with van der Waals surface area (Å²) in [5.74, 6) is -0.527. The van der Waals surface area contributed by atoms with Crippen LogP contribution in [0.3, 0.4) is 0 Å². The van der Waals surface area contributed by atoms with Crippen LogP contribution in [-0.2, 0) is 0 Å². The predicted molar refractivity (Wildman–Crippen MR) is 70.1 cm³/mol. The number of hydrogen-bond donors (Lipinski definition) is 1. The summed E-state index contributed by atoms with van der Waals surface area (Å²) in [5, 5.41) is 9.52. The SMILES string of the molecule is Cc1ccc2c(=O)c(C(=O)O)cn3c2c1OC[C@@H]3C. The maximum absolute atomic E-state index is 12.2. The van der Waals surface area contributed by atoms with Gasteiger partial charge in [-0.25, -0.2) is 4.79 Å². The Kier molecular flexibility index (Phi) is 2.38. The molecule has 1 aromatic heterocycles. The predicted octanol–water partition coefficient (Wildman–Crippen LogP) is 1.96. The lowest BCUT2D eigenvalue weighted by molar-refractivity contribution is 0.0694. The third-order valence-corrected chi connectivity index (χ3v) is 3.52. The van der Waals surface area contributed by atoms with Crippen LogP contribution in [0.4, 0.5) is 0 Å². The summed E-state index contributed by atoms with van der Waals surface area (Å²) in [6.45, 7) is 4.31. The normalized spacial score (nSPS) is 17.3. The number of benzene rings is 1. The molecule has 3 rings (SSSR count). The van der Waals surface area contributed by atoms with Crippen LogP contribution in [0, 0.1) is 6.92 Å². The fourth-order valence-corrected chi connectivity index (χ4v) is 2.49. The first-order chi connectivity index (χ1) is 9.00. The smallest absolute Gasteiger partial charge is 0.341 e. The topological polar surface area (TPSA) is 68.5 Å². The Morgan fingerprint density at radius 3 is 2.89 bits per heavy atom. The van der Waals surface area contributed by atoms with E-state index < -0.39 is 11.4 Å². The van der Waals surface area contributed by atoms with Crippen molar-refractivity contribution in [1.82, 2.24) is 4.57 Å². The number of aryl methyl sites for hydroxylation is 1. The zero-order chi connectivity index (χ0) is 13.7. The van der Waals surface area contributed by atoms with Crippen molar-refractivity contribution in [2.45, 2.75) is 19.9 Å². The number of aromatic nitrogens is 1. The minimum absolute atomic E-state index is 0.00417. The van der Waals surface area contributed by atoms with Gasteiger partial charge in [0, 0.05) is 6.20 Å². The van der Waals surface area contributed by atoms with E-state index in [4.69, 9.17) is 9.84 Å². The number of ether oxygens (including phenoxy) is 1. The van der Waals surface area contributed by atoms with Gasteiger partial charge < -0.3 is 14.4 Å². The van der Waals surface area contributed by atoms with Crippen molar-refractivity contribution >= 4 is 16.9 Å². The molecule has 1 aliphatic rings. The molecule has 0 radical (unpaired) electrons. The molecule has 1 aromatic carbocycles. The van der Waals surface area contributed by atoms with Gasteiger partial charge in [0.15, 0.2) is 0 Å².